The van der Waals surface area contributed by atoms with E-state index in [-0.39, 0.29) is 24.3 Å². The Kier molecular flexibility index (Phi) is 8.33. The Morgan fingerprint density at radius 2 is 1.94 bits per heavy atom. The van der Waals surface area contributed by atoms with Crippen molar-refractivity contribution in [1.29, 1.82) is 0 Å². The molecule has 3 aromatic rings. The largest absolute Gasteiger partial charge is 0.497 e. The van der Waals surface area contributed by atoms with Crippen LogP contribution in [-0.4, -0.2) is 42.4 Å². The maximum Gasteiger partial charge on any atom is 0.287 e. The number of furan rings is 1. The second kappa shape index (κ2) is 12.0. The lowest BCUT2D eigenvalue weighted by Gasteiger charge is -2.33. The smallest absolute Gasteiger partial charge is 0.287 e. The lowest BCUT2D eigenvalue weighted by molar-refractivity contribution is -0.127. The molecule has 2 heterocycles. The summed E-state index contributed by atoms with van der Waals surface area (Å²) in [6, 6.07) is 12.6. The van der Waals surface area contributed by atoms with E-state index in [1.54, 1.807) is 54.9 Å². The van der Waals surface area contributed by atoms with E-state index in [0.29, 0.717) is 17.0 Å². The van der Waals surface area contributed by atoms with Crippen LogP contribution in [0.15, 0.2) is 71.6 Å². The molecule has 0 radical (unpaired) electrons. The molecule has 1 aliphatic rings. The Hall–Kier alpha value is -4.14. The summed E-state index contributed by atoms with van der Waals surface area (Å²) in [5.74, 6) is -0.681. The molecule has 0 unspecified atom stereocenters. The van der Waals surface area contributed by atoms with E-state index in [0.717, 1.165) is 32.1 Å². The van der Waals surface area contributed by atoms with Crippen LogP contribution in [0, 0.1) is 0 Å². The number of aromatic nitrogens is 1. The second-order valence-electron chi connectivity index (χ2n) is 8.66. The quantitative estimate of drug-likeness (QED) is 0.474. The van der Waals surface area contributed by atoms with Gasteiger partial charge in [0.1, 0.15) is 11.8 Å². The minimum atomic E-state index is -0.999. The fourth-order valence-corrected chi connectivity index (χ4v) is 4.42. The number of methoxy groups -OCH3 is 1. The Morgan fingerprint density at radius 1 is 1.11 bits per heavy atom. The van der Waals surface area contributed by atoms with E-state index < -0.39 is 17.9 Å². The van der Waals surface area contributed by atoms with E-state index in [1.165, 1.54) is 24.3 Å². The number of benzene rings is 1. The van der Waals surface area contributed by atoms with Crippen molar-refractivity contribution in [3.63, 3.8) is 0 Å². The standard InChI is InChI=1S/C27H30N4O5/c1-35-22-12-5-11-21(16-22)31(24(32)18-29-26(33)23-13-7-15-36-23)25(19-8-6-14-28-17-19)27(34)30-20-9-3-2-4-10-20/h5-8,11-17,20,25H,2-4,9-10,18H2,1H3,(H,29,33)(H,30,34)/t25-/m1/s1. The third kappa shape index (κ3) is 6.10. The van der Waals surface area contributed by atoms with E-state index in [2.05, 4.69) is 15.6 Å². The minimum absolute atomic E-state index is 0.0475. The van der Waals surface area contributed by atoms with Crippen molar-refractivity contribution >= 4 is 23.4 Å². The fraction of sp³-hybridized carbons (Fsp3) is 0.333. The molecule has 1 saturated carbocycles. The Labute approximate surface area is 209 Å². The zero-order chi connectivity index (χ0) is 25.3. The van der Waals surface area contributed by atoms with Crippen LogP contribution in [0.2, 0.25) is 0 Å². The molecule has 1 fully saturated rings. The van der Waals surface area contributed by atoms with Gasteiger partial charge >= 0.3 is 0 Å². The van der Waals surface area contributed by atoms with E-state index >= 15 is 0 Å². The van der Waals surface area contributed by atoms with Crippen LogP contribution >= 0.6 is 0 Å². The maximum atomic E-state index is 13.7. The summed E-state index contributed by atoms with van der Waals surface area (Å²) in [6.45, 7) is -0.343. The van der Waals surface area contributed by atoms with E-state index in [4.69, 9.17) is 9.15 Å². The zero-order valence-electron chi connectivity index (χ0n) is 20.2. The lowest BCUT2D eigenvalue weighted by Crippen LogP contribution is -2.49. The molecule has 36 heavy (non-hydrogen) atoms. The summed E-state index contributed by atoms with van der Waals surface area (Å²) >= 11 is 0. The summed E-state index contributed by atoms with van der Waals surface area (Å²) in [5.41, 5.74) is 1.01. The van der Waals surface area contributed by atoms with E-state index in [9.17, 15) is 14.4 Å². The number of ether oxygens (including phenoxy) is 1. The predicted octanol–water partition coefficient (Wildman–Crippen LogP) is 3.64. The molecule has 2 N–H and O–H groups in total. The first-order valence-corrected chi connectivity index (χ1v) is 12.0. The van der Waals surface area contributed by atoms with Gasteiger partial charge in [0.2, 0.25) is 11.8 Å². The molecule has 9 nitrogen and oxygen atoms in total. The first-order valence-electron chi connectivity index (χ1n) is 12.0. The highest BCUT2D eigenvalue weighted by Crippen LogP contribution is 2.31. The van der Waals surface area contributed by atoms with Gasteiger partial charge in [-0.1, -0.05) is 31.4 Å². The average Bonchev–Trinajstić information content (AvgIpc) is 3.46. The third-order valence-corrected chi connectivity index (χ3v) is 6.20. The van der Waals surface area contributed by atoms with Crippen molar-refractivity contribution in [3.05, 3.63) is 78.5 Å². The van der Waals surface area contributed by atoms with Gasteiger partial charge in [0.05, 0.1) is 19.9 Å². The summed E-state index contributed by atoms with van der Waals surface area (Å²) in [5, 5.41) is 5.73. The Bertz CT molecular complexity index is 1160. The van der Waals surface area contributed by atoms with Crippen LogP contribution in [0.25, 0.3) is 0 Å². The number of anilines is 1. The molecule has 1 atom stereocenters. The van der Waals surface area contributed by atoms with Gasteiger partial charge in [-0.05, 0) is 43.2 Å². The van der Waals surface area contributed by atoms with Crippen LogP contribution in [0.4, 0.5) is 5.69 Å². The number of amides is 3. The van der Waals surface area contributed by atoms with Gasteiger partial charge in [0.15, 0.2) is 5.76 Å². The summed E-state index contributed by atoms with van der Waals surface area (Å²) in [4.78, 5) is 45.4. The first kappa shape index (κ1) is 25.0. The second-order valence-corrected chi connectivity index (χ2v) is 8.66. The monoisotopic (exact) mass is 490 g/mol. The van der Waals surface area contributed by atoms with Gasteiger partial charge < -0.3 is 19.8 Å². The van der Waals surface area contributed by atoms with Gasteiger partial charge in [-0.3, -0.25) is 24.3 Å². The summed E-state index contributed by atoms with van der Waals surface area (Å²) in [6.07, 6.45) is 9.64. The summed E-state index contributed by atoms with van der Waals surface area (Å²) in [7, 11) is 1.53. The summed E-state index contributed by atoms with van der Waals surface area (Å²) < 4.78 is 10.5. The van der Waals surface area contributed by atoms with Crippen LogP contribution in [-0.2, 0) is 9.59 Å². The number of hydrogen-bond acceptors (Lipinski definition) is 6. The minimum Gasteiger partial charge on any atom is -0.497 e. The number of rotatable bonds is 9. The number of carbonyl (C=O) groups excluding carboxylic acids is 3. The maximum absolute atomic E-state index is 13.7. The Morgan fingerprint density at radius 3 is 2.64 bits per heavy atom. The normalized spacial score (nSPS) is 14.5. The third-order valence-electron chi connectivity index (χ3n) is 6.20. The topological polar surface area (TPSA) is 114 Å². The molecular weight excluding hydrogens is 460 g/mol. The number of carbonyl (C=O) groups is 3. The predicted molar refractivity (Wildman–Crippen MR) is 134 cm³/mol. The molecule has 188 valence electrons. The highest BCUT2D eigenvalue weighted by atomic mass is 16.5. The molecule has 3 amide bonds. The van der Waals surface area contributed by atoms with Crippen molar-refractivity contribution in [2.75, 3.05) is 18.6 Å². The molecule has 1 aliphatic carbocycles. The van der Waals surface area contributed by atoms with Crippen molar-refractivity contribution in [2.24, 2.45) is 0 Å². The Balaban J connectivity index is 1.67. The molecule has 4 rings (SSSR count). The molecular formula is C27H30N4O5. The van der Waals surface area contributed by atoms with Gasteiger partial charge in [0.25, 0.3) is 5.91 Å². The van der Waals surface area contributed by atoms with Crippen LogP contribution in [0.1, 0.15) is 54.3 Å². The van der Waals surface area contributed by atoms with Crippen LogP contribution in [0.3, 0.4) is 0 Å². The number of nitrogens with zero attached hydrogens (tertiary/aromatic N) is 2. The SMILES string of the molecule is COc1cccc(N(C(=O)CNC(=O)c2ccco2)[C@@H](C(=O)NC2CCCCC2)c2cccnc2)c1. The van der Waals surface area contributed by atoms with Crippen molar-refractivity contribution in [2.45, 2.75) is 44.2 Å². The average molecular weight is 491 g/mol. The lowest BCUT2D eigenvalue weighted by atomic mass is 9.94. The highest BCUT2D eigenvalue weighted by molar-refractivity contribution is 6.04. The van der Waals surface area contributed by atoms with Crippen molar-refractivity contribution in [1.82, 2.24) is 15.6 Å². The van der Waals surface area contributed by atoms with Crippen LogP contribution < -0.4 is 20.3 Å². The van der Waals surface area contributed by atoms with Crippen LogP contribution in [0.5, 0.6) is 5.75 Å². The fourth-order valence-electron chi connectivity index (χ4n) is 4.42. The highest BCUT2D eigenvalue weighted by Gasteiger charge is 2.34. The number of nitrogens with one attached hydrogen (secondary N) is 2. The first-order chi connectivity index (χ1) is 17.6. The molecule has 0 spiro atoms. The molecule has 1 aromatic carbocycles. The van der Waals surface area contributed by atoms with Gasteiger partial charge in [0, 0.05) is 35.8 Å². The van der Waals surface area contributed by atoms with Crippen molar-refractivity contribution in [3.8, 4) is 5.75 Å². The number of hydrogen-bond donors (Lipinski definition) is 2. The van der Waals surface area contributed by atoms with Crippen molar-refractivity contribution < 1.29 is 23.5 Å². The molecule has 9 heteroatoms. The van der Waals surface area contributed by atoms with Gasteiger partial charge in [-0.2, -0.15) is 0 Å². The molecule has 0 bridgehead atoms. The van der Waals surface area contributed by atoms with Gasteiger partial charge in [-0.25, -0.2) is 0 Å². The molecule has 0 saturated heterocycles. The zero-order valence-corrected chi connectivity index (χ0v) is 20.2. The molecule has 2 aromatic heterocycles. The molecule has 0 aliphatic heterocycles. The van der Waals surface area contributed by atoms with Gasteiger partial charge in [-0.15, -0.1) is 0 Å². The number of pyridine rings is 1. The van der Waals surface area contributed by atoms with E-state index in [1.807, 2.05) is 0 Å².